The van der Waals surface area contributed by atoms with Gasteiger partial charge < -0.3 is 5.73 Å². The molecule has 0 saturated carbocycles. The molecule has 6 rings (SSSR count). The molecule has 4 aromatic rings. The molecular formula is C28H23N7. The first-order chi connectivity index (χ1) is 17.3. The lowest BCUT2D eigenvalue weighted by atomic mass is 9.86. The molecule has 0 fully saturated rings. The molecule has 2 aliphatic rings. The highest BCUT2D eigenvalue weighted by Crippen LogP contribution is 2.36. The Morgan fingerprint density at radius 2 is 1.74 bits per heavy atom. The maximum Gasteiger partial charge on any atom is 0.183 e. The number of aromatic nitrogens is 4. The molecule has 4 heterocycles. The fourth-order valence-electron chi connectivity index (χ4n) is 4.40. The summed E-state index contributed by atoms with van der Waals surface area (Å²) in [7, 11) is 0. The van der Waals surface area contributed by atoms with Gasteiger partial charge in [-0.25, -0.2) is 4.98 Å². The van der Waals surface area contributed by atoms with Crippen LogP contribution in [-0.2, 0) is 6.54 Å². The van der Waals surface area contributed by atoms with Gasteiger partial charge in [0, 0.05) is 53.8 Å². The van der Waals surface area contributed by atoms with Crippen molar-refractivity contribution < 1.29 is 0 Å². The van der Waals surface area contributed by atoms with Gasteiger partial charge in [-0.05, 0) is 29.3 Å². The third kappa shape index (κ3) is 4.02. The molecule has 1 unspecified atom stereocenters. The topological polar surface area (TPSA) is 105 Å². The Hall–Kier alpha value is -4.49. The largest absolute Gasteiger partial charge is 0.326 e. The number of dihydropyridines is 1. The Balaban J connectivity index is 1.47. The molecule has 0 amide bonds. The van der Waals surface area contributed by atoms with Crippen molar-refractivity contribution >= 4 is 23.2 Å². The lowest BCUT2D eigenvalue weighted by Gasteiger charge is -2.26. The highest BCUT2D eigenvalue weighted by Gasteiger charge is 2.29. The van der Waals surface area contributed by atoms with Gasteiger partial charge in [0.15, 0.2) is 11.6 Å². The number of pyridine rings is 1. The van der Waals surface area contributed by atoms with Gasteiger partial charge in [0.2, 0.25) is 0 Å². The monoisotopic (exact) mass is 457 g/mol. The van der Waals surface area contributed by atoms with Gasteiger partial charge >= 0.3 is 0 Å². The fourth-order valence-corrected chi connectivity index (χ4v) is 4.40. The van der Waals surface area contributed by atoms with Crippen LogP contribution in [0.4, 0.5) is 0 Å². The van der Waals surface area contributed by atoms with E-state index in [4.69, 9.17) is 20.7 Å². The van der Waals surface area contributed by atoms with Gasteiger partial charge in [-0.2, -0.15) is 5.10 Å². The summed E-state index contributed by atoms with van der Waals surface area (Å²) in [5.41, 5.74) is 13.7. The van der Waals surface area contributed by atoms with Gasteiger partial charge in [0.05, 0.1) is 11.8 Å². The van der Waals surface area contributed by atoms with E-state index in [0.29, 0.717) is 18.2 Å². The van der Waals surface area contributed by atoms with Crippen molar-refractivity contribution in [3.05, 3.63) is 113 Å². The van der Waals surface area contributed by atoms with Crippen molar-refractivity contribution in [2.24, 2.45) is 15.7 Å². The number of aromatic amines is 1. The number of H-pyrrole nitrogens is 1. The van der Waals surface area contributed by atoms with Gasteiger partial charge in [-0.15, -0.1) is 0 Å². The van der Waals surface area contributed by atoms with Crippen LogP contribution in [0.25, 0.3) is 22.7 Å². The molecule has 3 N–H and O–H groups in total. The molecule has 0 saturated heterocycles. The fraction of sp³-hybridized carbons (Fsp3) is 0.107. The Morgan fingerprint density at radius 1 is 0.914 bits per heavy atom. The number of fused-ring (bicyclic) bond motifs is 1. The van der Waals surface area contributed by atoms with E-state index in [-0.39, 0.29) is 6.04 Å². The minimum Gasteiger partial charge on any atom is -0.326 e. The third-order valence-corrected chi connectivity index (χ3v) is 6.20. The summed E-state index contributed by atoms with van der Waals surface area (Å²) in [6, 6.07) is 22.4. The van der Waals surface area contributed by atoms with E-state index in [1.165, 1.54) is 0 Å². The Bertz CT molecular complexity index is 1480. The van der Waals surface area contributed by atoms with Crippen molar-refractivity contribution in [2.45, 2.75) is 19.0 Å². The second-order valence-corrected chi connectivity index (χ2v) is 8.42. The number of hydrogen-bond donors (Lipinski definition) is 2. The Labute approximate surface area is 202 Å². The summed E-state index contributed by atoms with van der Waals surface area (Å²) in [6.07, 6.45) is 8.32. The number of hydrogen-bond acceptors (Lipinski definition) is 6. The Morgan fingerprint density at radius 3 is 2.51 bits per heavy atom. The predicted molar refractivity (Wildman–Crippen MR) is 139 cm³/mol. The highest BCUT2D eigenvalue weighted by atomic mass is 15.2. The molecule has 2 aromatic carbocycles. The lowest BCUT2D eigenvalue weighted by molar-refractivity contribution is 0.819. The first-order valence-electron chi connectivity index (χ1n) is 11.5. The van der Waals surface area contributed by atoms with E-state index < -0.39 is 0 Å². The number of rotatable bonds is 5. The van der Waals surface area contributed by atoms with E-state index in [1.807, 2.05) is 36.5 Å². The first-order valence-corrected chi connectivity index (χ1v) is 11.5. The quantitative estimate of drug-likeness (QED) is 0.461. The number of nitrogens with two attached hydrogens (primary N) is 1. The van der Waals surface area contributed by atoms with Crippen LogP contribution >= 0.6 is 0 Å². The molecule has 0 radical (unpaired) electrons. The van der Waals surface area contributed by atoms with Crippen molar-refractivity contribution in [1.82, 2.24) is 20.2 Å². The predicted octanol–water partition coefficient (Wildman–Crippen LogP) is 4.47. The van der Waals surface area contributed by atoms with E-state index >= 15 is 0 Å². The lowest BCUT2D eigenvalue weighted by Crippen LogP contribution is -2.22. The smallest absolute Gasteiger partial charge is 0.183 e. The van der Waals surface area contributed by atoms with E-state index in [1.54, 1.807) is 12.4 Å². The Kier molecular flexibility index (Phi) is 5.44. The number of allylic oxidation sites excluding steroid dienone is 1. The van der Waals surface area contributed by atoms with Crippen molar-refractivity contribution in [3.63, 3.8) is 0 Å². The zero-order valence-electron chi connectivity index (χ0n) is 19.0. The third-order valence-electron chi connectivity index (χ3n) is 6.20. The molecule has 7 heteroatoms. The summed E-state index contributed by atoms with van der Waals surface area (Å²) in [5.74, 6) is 1.21. The molecular weight excluding hydrogens is 434 g/mol. The summed E-state index contributed by atoms with van der Waals surface area (Å²) in [4.78, 5) is 18.8. The normalized spacial score (nSPS) is 17.1. The van der Waals surface area contributed by atoms with Crippen LogP contribution in [0, 0.1) is 0 Å². The standard InChI is InChI=1S/C28H23N7/c29-16-18-8-10-20(11-9-18)25-22(19-5-2-1-3-6-19)15-23-24(32-25)12-14-31-26(23)28-33-27(34-35-28)21-7-4-13-30-17-21/h1-11,13-15,17,24H,12,16,29H2,(H,33,34,35). The second-order valence-electron chi connectivity index (χ2n) is 8.42. The van der Waals surface area contributed by atoms with Crippen LogP contribution in [-0.4, -0.2) is 38.1 Å². The molecule has 1 atom stereocenters. The van der Waals surface area contributed by atoms with Gasteiger partial charge in [0.25, 0.3) is 0 Å². The van der Waals surface area contributed by atoms with Gasteiger partial charge in [-0.1, -0.05) is 54.6 Å². The highest BCUT2D eigenvalue weighted by molar-refractivity contribution is 6.33. The van der Waals surface area contributed by atoms with Crippen LogP contribution < -0.4 is 5.73 Å². The second kappa shape index (κ2) is 9.04. The van der Waals surface area contributed by atoms with Crippen LogP contribution in [0.2, 0.25) is 0 Å². The van der Waals surface area contributed by atoms with Gasteiger partial charge in [-0.3, -0.25) is 20.1 Å². The van der Waals surface area contributed by atoms with E-state index in [0.717, 1.165) is 51.2 Å². The molecule has 170 valence electrons. The molecule has 35 heavy (non-hydrogen) atoms. The summed E-state index contributed by atoms with van der Waals surface area (Å²) >= 11 is 0. The van der Waals surface area contributed by atoms with Crippen LogP contribution in [0.3, 0.4) is 0 Å². The van der Waals surface area contributed by atoms with Crippen LogP contribution in [0.5, 0.6) is 0 Å². The summed E-state index contributed by atoms with van der Waals surface area (Å²) in [5, 5.41) is 7.47. The van der Waals surface area contributed by atoms with Gasteiger partial charge in [0.1, 0.15) is 5.70 Å². The average molecular weight is 458 g/mol. The number of aliphatic imine (C=N–C) groups is 2. The molecule has 0 bridgehead atoms. The maximum absolute atomic E-state index is 5.81. The van der Waals surface area contributed by atoms with Crippen molar-refractivity contribution in [2.75, 3.05) is 0 Å². The van der Waals surface area contributed by atoms with Crippen LogP contribution in [0.15, 0.2) is 101 Å². The summed E-state index contributed by atoms with van der Waals surface area (Å²) in [6.45, 7) is 0.516. The molecule has 2 aliphatic heterocycles. The minimum atomic E-state index is -0.0499. The average Bonchev–Trinajstić information content (AvgIpc) is 3.43. The van der Waals surface area contributed by atoms with Crippen molar-refractivity contribution in [3.8, 4) is 11.4 Å². The van der Waals surface area contributed by atoms with E-state index in [2.05, 4.69) is 57.7 Å². The maximum atomic E-state index is 5.81. The number of nitrogens with zero attached hydrogens (tertiary/aromatic N) is 5. The minimum absolute atomic E-state index is 0.0499. The van der Waals surface area contributed by atoms with Crippen LogP contribution in [0.1, 0.15) is 28.9 Å². The van der Waals surface area contributed by atoms with E-state index in [9.17, 15) is 0 Å². The zero-order valence-corrected chi connectivity index (χ0v) is 19.0. The number of benzene rings is 2. The van der Waals surface area contributed by atoms with Crippen molar-refractivity contribution in [1.29, 1.82) is 0 Å². The number of nitrogens with one attached hydrogen (secondary N) is 1. The first kappa shape index (κ1) is 21.1. The SMILES string of the molecule is NCc1ccc(C2=NC3CC=NC(c4nc(-c5cccnc5)n[nH]4)=C3C=C2c2ccccc2)cc1. The summed E-state index contributed by atoms with van der Waals surface area (Å²) < 4.78 is 0. The molecule has 0 spiro atoms. The molecule has 0 aliphatic carbocycles. The molecule has 7 nitrogen and oxygen atoms in total. The zero-order chi connectivity index (χ0) is 23.6. The molecule has 2 aromatic heterocycles.